The average molecular weight is 288 g/mol. The van der Waals surface area contributed by atoms with Crippen LogP contribution in [-0.2, 0) is 15.3 Å². The fourth-order valence-electron chi connectivity index (χ4n) is 1.30. The van der Waals surface area contributed by atoms with Crippen molar-refractivity contribution in [1.29, 1.82) is 0 Å². The third-order valence-corrected chi connectivity index (χ3v) is 3.98. The first-order valence-corrected chi connectivity index (χ1v) is 7.57. The number of thiazole rings is 1. The highest BCUT2D eigenvalue weighted by Crippen LogP contribution is 2.14. The highest BCUT2D eigenvalue weighted by atomic mass is 32.2. The smallest absolute Gasteiger partial charge is 0.326 e. The van der Waals surface area contributed by atoms with Gasteiger partial charge in [-0.25, -0.2) is 9.78 Å². The van der Waals surface area contributed by atoms with Crippen molar-refractivity contribution in [1.82, 2.24) is 10.3 Å². The maximum Gasteiger partial charge on any atom is 0.326 e. The summed E-state index contributed by atoms with van der Waals surface area (Å²) in [6.07, 6.45) is 0.386. The fourth-order valence-corrected chi connectivity index (χ4v) is 2.74. The molecular weight excluding hydrogens is 272 g/mol. The molecule has 2 N–H and O–H groups in total. The van der Waals surface area contributed by atoms with Crippen LogP contribution in [-0.4, -0.2) is 33.8 Å². The molecule has 0 bridgehead atoms. The number of hydrogen-bond donors (Lipinski definition) is 2. The highest BCUT2D eigenvalue weighted by Gasteiger charge is 2.17. The van der Waals surface area contributed by atoms with Gasteiger partial charge in [0.25, 0.3) is 0 Å². The molecule has 0 aliphatic rings. The molecule has 1 aromatic heterocycles. The van der Waals surface area contributed by atoms with Crippen LogP contribution in [0.2, 0.25) is 0 Å². The Hall–Kier alpha value is -1.08. The molecule has 1 rings (SSSR count). The van der Waals surface area contributed by atoms with E-state index >= 15 is 0 Å². The topological polar surface area (TPSA) is 79.3 Å². The first-order chi connectivity index (χ1) is 8.52. The molecule has 0 aliphatic carbocycles. The van der Waals surface area contributed by atoms with E-state index in [2.05, 4.69) is 10.3 Å². The molecule has 1 aromatic rings. The lowest BCUT2D eigenvalue weighted by molar-refractivity contribution is -0.141. The molecule has 18 heavy (non-hydrogen) atoms. The lowest BCUT2D eigenvalue weighted by Crippen LogP contribution is -2.41. The number of carboxylic acids is 1. The Labute approximate surface area is 114 Å². The van der Waals surface area contributed by atoms with Crippen molar-refractivity contribution in [2.24, 2.45) is 0 Å². The number of carbonyl (C=O) groups is 2. The standard InChI is InChI=1S/C11H16N2O3S2/c1-3-9(11(15)16)13-10(14)6-17-4-8-5-18-7(2)12-8/h5,9H,3-4,6H2,1-2H3,(H,13,14)(H,15,16)/t9-/m1/s1. The molecule has 100 valence electrons. The third-order valence-electron chi connectivity index (χ3n) is 2.19. The van der Waals surface area contributed by atoms with Crippen molar-refractivity contribution < 1.29 is 14.7 Å². The lowest BCUT2D eigenvalue weighted by atomic mass is 10.2. The number of aliphatic carboxylic acids is 1. The maximum absolute atomic E-state index is 11.5. The maximum atomic E-state index is 11.5. The molecule has 0 aromatic carbocycles. The number of aryl methyl sites for hydroxylation is 1. The Morgan fingerprint density at radius 3 is 2.83 bits per heavy atom. The van der Waals surface area contributed by atoms with Gasteiger partial charge in [-0.05, 0) is 13.3 Å². The minimum atomic E-state index is -0.994. The van der Waals surface area contributed by atoms with E-state index in [1.807, 2.05) is 12.3 Å². The van der Waals surface area contributed by atoms with Crippen molar-refractivity contribution in [3.8, 4) is 0 Å². The zero-order chi connectivity index (χ0) is 13.5. The van der Waals surface area contributed by atoms with Crippen LogP contribution < -0.4 is 5.32 Å². The predicted octanol–water partition coefficient (Wildman–Crippen LogP) is 1.66. The Balaban J connectivity index is 2.26. The van der Waals surface area contributed by atoms with Crippen LogP contribution >= 0.6 is 23.1 Å². The summed E-state index contributed by atoms with van der Waals surface area (Å²) in [7, 11) is 0. The van der Waals surface area contributed by atoms with Crippen molar-refractivity contribution in [2.75, 3.05) is 5.75 Å². The van der Waals surface area contributed by atoms with Crippen LogP contribution in [0.1, 0.15) is 24.0 Å². The number of rotatable bonds is 7. The fraction of sp³-hybridized carbons (Fsp3) is 0.545. The minimum Gasteiger partial charge on any atom is -0.480 e. The third kappa shape index (κ3) is 5.05. The number of thioether (sulfide) groups is 1. The quantitative estimate of drug-likeness (QED) is 0.798. The Bertz CT molecular complexity index is 420. The van der Waals surface area contributed by atoms with E-state index in [1.165, 1.54) is 11.8 Å². The second-order valence-electron chi connectivity index (χ2n) is 3.72. The zero-order valence-electron chi connectivity index (χ0n) is 10.3. The van der Waals surface area contributed by atoms with Crippen molar-refractivity contribution in [3.63, 3.8) is 0 Å². The van der Waals surface area contributed by atoms with Crippen LogP contribution in [0.3, 0.4) is 0 Å². The van der Waals surface area contributed by atoms with Crippen LogP contribution in [0.4, 0.5) is 0 Å². The Morgan fingerprint density at radius 2 is 2.33 bits per heavy atom. The predicted molar refractivity (Wildman–Crippen MR) is 72.9 cm³/mol. The molecule has 0 radical (unpaired) electrons. The molecular formula is C11H16N2O3S2. The number of nitrogens with one attached hydrogen (secondary N) is 1. The number of aromatic nitrogens is 1. The first-order valence-electron chi connectivity index (χ1n) is 5.53. The summed E-state index contributed by atoms with van der Waals surface area (Å²) in [5.74, 6) is -0.325. The van der Waals surface area contributed by atoms with Crippen LogP contribution in [0, 0.1) is 6.92 Å². The first kappa shape index (κ1) is 15.0. The van der Waals surface area contributed by atoms with Gasteiger partial charge < -0.3 is 10.4 Å². The van der Waals surface area contributed by atoms with Crippen molar-refractivity contribution >= 4 is 35.0 Å². The second-order valence-corrected chi connectivity index (χ2v) is 5.77. The van der Waals surface area contributed by atoms with Crippen molar-refractivity contribution in [2.45, 2.75) is 32.1 Å². The Morgan fingerprint density at radius 1 is 1.61 bits per heavy atom. The number of nitrogens with zero attached hydrogens (tertiary/aromatic N) is 1. The molecule has 1 heterocycles. The highest BCUT2D eigenvalue weighted by molar-refractivity contribution is 7.99. The van der Waals surface area contributed by atoms with Gasteiger partial charge in [-0.15, -0.1) is 23.1 Å². The van der Waals surface area contributed by atoms with Crippen molar-refractivity contribution in [3.05, 3.63) is 16.1 Å². The molecule has 0 saturated heterocycles. The van der Waals surface area contributed by atoms with E-state index in [0.29, 0.717) is 12.2 Å². The van der Waals surface area contributed by atoms with E-state index in [0.717, 1.165) is 10.7 Å². The van der Waals surface area contributed by atoms with Gasteiger partial charge in [0, 0.05) is 11.1 Å². The molecule has 0 aliphatic heterocycles. The number of carboxylic acid groups (broad SMARTS) is 1. The molecule has 5 nitrogen and oxygen atoms in total. The lowest BCUT2D eigenvalue weighted by Gasteiger charge is -2.11. The molecule has 1 amide bonds. The molecule has 0 unspecified atom stereocenters. The van der Waals surface area contributed by atoms with Gasteiger partial charge in [-0.2, -0.15) is 0 Å². The van der Waals surface area contributed by atoms with E-state index in [4.69, 9.17) is 5.11 Å². The summed E-state index contributed by atoms with van der Waals surface area (Å²) in [5.41, 5.74) is 0.959. The van der Waals surface area contributed by atoms with Gasteiger partial charge in [-0.3, -0.25) is 4.79 Å². The van der Waals surface area contributed by atoms with Crippen LogP contribution in [0.25, 0.3) is 0 Å². The molecule has 7 heteroatoms. The SMILES string of the molecule is CC[C@@H](NC(=O)CSCc1csc(C)n1)C(=O)O. The summed E-state index contributed by atoms with van der Waals surface area (Å²) in [5, 5.41) is 14.2. The second kappa shape index (κ2) is 7.38. The van der Waals surface area contributed by atoms with E-state index in [-0.39, 0.29) is 11.7 Å². The molecule has 0 fully saturated rings. The molecule has 0 spiro atoms. The summed E-state index contributed by atoms with van der Waals surface area (Å²) in [6.45, 7) is 3.66. The summed E-state index contributed by atoms with van der Waals surface area (Å²) < 4.78 is 0. The normalized spacial score (nSPS) is 12.1. The van der Waals surface area contributed by atoms with E-state index < -0.39 is 12.0 Å². The molecule has 1 atom stereocenters. The summed E-state index contributed by atoms with van der Waals surface area (Å²) in [4.78, 5) is 26.5. The van der Waals surface area contributed by atoms with Gasteiger partial charge in [0.15, 0.2) is 0 Å². The summed E-state index contributed by atoms with van der Waals surface area (Å²) >= 11 is 3.01. The number of hydrogen-bond acceptors (Lipinski definition) is 5. The largest absolute Gasteiger partial charge is 0.480 e. The zero-order valence-corrected chi connectivity index (χ0v) is 11.9. The average Bonchev–Trinajstić information content (AvgIpc) is 2.71. The monoisotopic (exact) mass is 288 g/mol. The Kier molecular flexibility index (Phi) is 6.14. The number of carbonyl (C=O) groups excluding carboxylic acids is 1. The van der Waals surface area contributed by atoms with Gasteiger partial charge in [0.2, 0.25) is 5.91 Å². The van der Waals surface area contributed by atoms with Gasteiger partial charge in [-0.1, -0.05) is 6.92 Å². The molecule has 0 saturated carbocycles. The van der Waals surface area contributed by atoms with E-state index in [9.17, 15) is 9.59 Å². The van der Waals surface area contributed by atoms with Gasteiger partial charge in [0.05, 0.1) is 16.5 Å². The van der Waals surface area contributed by atoms with Crippen LogP contribution in [0.15, 0.2) is 5.38 Å². The van der Waals surface area contributed by atoms with Gasteiger partial charge >= 0.3 is 5.97 Å². The van der Waals surface area contributed by atoms with E-state index in [1.54, 1.807) is 18.3 Å². The van der Waals surface area contributed by atoms with Crippen LogP contribution in [0.5, 0.6) is 0 Å². The summed E-state index contributed by atoms with van der Waals surface area (Å²) in [6, 6.07) is -0.792. The number of amides is 1. The minimum absolute atomic E-state index is 0.249. The van der Waals surface area contributed by atoms with Gasteiger partial charge in [0.1, 0.15) is 6.04 Å².